The molecular weight excluding hydrogens is 605 g/mol. The number of nitrogens with zero attached hydrogens (tertiary/aromatic N) is 6. The predicted octanol–water partition coefficient (Wildman–Crippen LogP) is 6.52. The minimum atomic E-state index is -4.41. The van der Waals surface area contributed by atoms with Gasteiger partial charge in [-0.25, -0.2) is 0 Å². The molecule has 0 radical (unpaired) electrons. The van der Waals surface area contributed by atoms with Crippen LogP contribution in [0.25, 0.3) is 16.6 Å². The van der Waals surface area contributed by atoms with Gasteiger partial charge in [-0.3, -0.25) is 14.6 Å². The van der Waals surface area contributed by atoms with Gasteiger partial charge in [0, 0.05) is 30.0 Å². The van der Waals surface area contributed by atoms with Crippen molar-refractivity contribution in [3.8, 4) is 11.8 Å². The molecule has 0 unspecified atom stereocenters. The summed E-state index contributed by atoms with van der Waals surface area (Å²) in [6.45, 7) is 8.78. The van der Waals surface area contributed by atoms with E-state index in [4.69, 9.17) is 11.6 Å². The molecule has 4 aromatic rings. The maximum atomic E-state index is 14.0. The summed E-state index contributed by atoms with van der Waals surface area (Å²) in [7, 11) is 0. The number of halogens is 4. The summed E-state index contributed by atoms with van der Waals surface area (Å²) in [5.41, 5.74) is 8.71. The first-order valence-corrected chi connectivity index (χ1v) is 14.8. The maximum absolute atomic E-state index is 14.0. The van der Waals surface area contributed by atoms with E-state index in [1.165, 1.54) is 12.4 Å². The quantitative estimate of drug-likeness (QED) is 0.171. The van der Waals surface area contributed by atoms with Crippen molar-refractivity contribution >= 4 is 33.9 Å². The molecule has 0 amide bonds. The fourth-order valence-corrected chi connectivity index (χ4v) is 5.77. The zero-order valence-corrected chi connectivity index (χ0v) is 25.8. The molecule has 4 N–H and O–H groups in total. The van der Waals surface area contributed by atoms with Crippen molar-refractivity contribution in [3.63, 3.8) is 0 Å². The van der Waals surface area contributed by atoms with Gasteiger partial charge >= 0.3 is 6.18 Å². The van der Waals surface area contributed by atoms with E-state index in [9.17, 15) is 18.4 Å². The average molecular weight is 637 g/mol. The van der Waals surface area contributed by atoms with Crippen LogP contribution in [0.4, 0.5) is 24.5 Å². The first-order chi connectivity index (χ1) is 21.3. The van der Waals surface area contributed by atoms with Crippen LogP contribution < -0.4 is 21.6 Å². The lowest BCUT2D eigenvalue weighted by Gasteiger charge is -2.28. The number of benzene rings is 2. The zero-order chi connectivity index (χ0) is 32.1. The maximum Gasteiger partial charge on any atom is 0.413 e. The molecule has 10 nitrogen and oxygen atoms in total. The summed E-state index contributed by atoms with van der Waals surface area (Å²) in [6.07, 6.45) is 1.71. The molecule has 2 aliphatic rings. The van der Waals surface area contributed by atoms with Crippen molar-refractivity contribution in [2.45, 2.75) is 58.3 Å². The molecule has 1 saturated carbocycles. The Morgan fingerprint density at radius 3 is 2.53 bits per heavy atom. The van der Waals surface area contributed by atoms with Crippen LogP contribution in [0.5, 0.6) is 0 Å². The molecule has 1 aliphatic carbocycles. The van der Waals surface area contributed by atoms with Crippen molar-refractivity contribution in [1.82, 2.24) is 35.7 Å². The SMILES string of the molecule is Cc1c([C@H](Nc2cc(Cl)c3ncc(C#N)c(NCC(C)(C)C)c3c2)C2=CN(C3(C(F)(F)F)CC3)NN2)cccc1-n1cnnc1. The van der Waals surface area contributed by atoms with E-state index in [2.05, 4.69) is 63.6 Å². The number of nitriles is 1. The van der Waals surface area contributed by atoms with Crippen LogP contribution in [0.2, 0.25) is 5.02 Å². The van der Waals surface area contributed by atoms with E-state index in [0.717, 1.165) is 21.8 Å². The standard InChI is InChI=1S/C31H32ClF3N10/c1-18-21(6-5-7-25(18)44-16-39-40-17-44)28(24-14-45(43-42-24)30(8-9-30)31(33,34)35)41-20-10-22-26(38-15-29(2,3)4)19(12-36)13-37-27(22)23(32)11-20/h5-7,10-11,13-14,16-17,28,41-43H,8-9,15H2,1-4H3,(H,37,38)/t28-/m0/s1. The number of aromatic nitrogens is 4. The van der Waals surface area contributed by atoms with Crippen molar-refractivity contribution in [3.05, 3.63) is 82.8 Å². The second-order valence-corrected chi connectivity index (χ2v) is 13.0. The molecule has 3 heterocycles. The van der Waals surface area contributed by atoms with Crippen molar-refractivity contribution < 1.29 is 13.2 Å². The van der Waals surface area contributed by atoms with Gasteiger partial charge in [-0.15, -0.1) is 15.7 Å². The third-order valence-electron chi connectivity index (χ3n) is 8.12. The molecule has 1 fully saturated rings. The highest BCUT2D eigenvalue weighted by Crippen LogP contribution is 2.54. The predicted molar refractivity (Wildman–Crippen MR) is 166 cm³/mol. The van der Waals surface area contributed by atoms with Gasteiger partial charge in [0.1, 0.15) is 18.7 Å². The smallest absolute Gasteiger partial charge is 0.383 e. The highest BCUT2D eigenvalue weighted by atomic mass is 35.5. The summed E-state index contributed by atoms with van der Waals surface area (Å²) in [4.78, 5) is 4.45. The van der Waals surface area contributed by atoms with E-state index in [-0.39, 0.29) is 18.3 Å². The van der Waals surface area contributed by atoms with Gasteiger partial charge in [-0.05, 0) is 54.5 Å². The second-order valence-electron chi connectivity index (χ2n) is 12.6. The van der Waals surface area contributed by atoms with Gasteiger partial charge in [-0.2, -0.15) is 18.4 Å². The van der Waals surface area contributed by atoms with Crippen LogP contribution in [0.1, 0.15) is 56.3 Å². The summed E-state index contributed by atoms with van der Waals surface area (Å²) in [6, 6.07) is 10.8. The van der Waals surface area contributed by atoms with Crippen molar-refractivity contribution in [2.75, 3.05) is 17.2 Å². The lowest BCUT2D eigenvalue weighted by Crippen LogP contribution is -2.52. The molecule has 45 heavy (non-hydrogen) atoms. The highest BCUT2D eigenvalue weighted by Gasteiger charge is 2.67. The van der Waals surface area contributed by atoms with E-state index in [1.54, 1.807) is 23.3 Å². The third kappa shape index (κ3) is 5.71. The van der Waals surface area contributed by atoms with Gasteiger partial charge < -0.3 is 16.1 Å². The van der Waals surface area contributed by atoms with E-state index in [0.29, 0.717) is 45.1 Å². The number of hydrogen-bond donors (Lipinski definition) is 4. The number of alkyl halides is 3. The van der Waals surface area contributed by atoms with Gasteiger partial charge in [-0.1, -0.05) is 44.5 Å². The fourth-order valence-electron chi connectivity index (χ4n) is 5.50. The Morgan fingerprint density at radius 1 is 1.16 bits per heavy atom. The molecule has 14 heteroatoms. The second kappa shape index (κ2) is 11.1. The first-order valence-electron chi connectivity index (χ1n) is 14.4. The van der Waals surface area contributed by atoms with Crippen LogP contribution in [0.15, 0.2) is 61.1 Å². The summed E-state index contributed by atoms with van der Waals surface area (Å²) >= 11 is 6.77. The third-order valence-corrected chi connectivity index (χ3v) is 8.41. The molecule has 0 spiro atoms. The topological polar surface area (TPSA) is 119 Å². The van der Waals surface area contributed by atoms with Gasteiger partial charge in [0.15, 0.2) is 5.54 Å². The number of nitrogens with one attached hydrogen (secondary N) is 4. The van der Waals surface area contributed by atoms with Gasteiger partial charge in [0.05, 0.1) is 39.2 Å². The lowest BCUT2D eigenvalue weighted by molar-refractivity contribution is -0.195. The molecule has 6 rings (SSSR count). The van der Waals surface area contributed by atoms with Crippen molar-refractivity contribution in [2.24, 2.45) is 5.41 Å². The number of hydrazine groups is 2. The monoisotopic (exact) mass is 636 g/mol. The molecule has 2 aromatic heterocycles. The molecule has 0 saturated heterocycles. The Labute approximate surface area is 263 Å². The van der Waals surface area contributed by atoms with Crippen LogP contribution in [0.3, 0.4) is 0 Å². The van der Waals surface area contributed by atoms with E-state index >= 15 is 0 Å². The number of anilines is 2. The van der Waals surface area contributed by atoms with Crippen LogP contribution >= 0.6 is 11.6 Å². The Hall–Kier alpha value is -4.54. The van der Waals surface area contributed by atoms with Crippen LogP contribution in [-0.2, 0) is 0 Å². The molecule has 2 aromatic carbocycles. The van der Waals surface area contributed by atoms with Crippen LogP contribution in [0, 0.1) is 23.7 Å². The Balaban J connectivity index is 1.46. The normalized spacial score (nSPS) is 16.6. The minimum absolute atomic E-state index is 0.00590. The molecule has 0 bridgehead atoms. The summed E-state index contributed by atoms with van der Waals surface area (Å²) in [5.74, 6) is 0. The summed E-state index contributed by atoms with van der Waals surface area (Å²) in [5, 5.41) is 26.7. The Kier molecular flexibility index (Phi) is 7.53. The molecule has 1 aliphatic heterocycles. The molecule has 234 valence electrons. The van der Waals surface area contributed by atoms with Gasteiger partial charge in [0.25, 0.3) is 0 Å². The largest absolute Gasteiger partial charge is 0.413 e. The van der Waals surface area contributed by atoms with Crippen molar-refractivity contribution in [1.29, 1.82) is 5.26 Å². The minimum Gasteiger partial charge on any atom is -0.383 e. The number of hydrogen-bond acceptors (Lipinski definition) is 9. The zero-order valence-electron chi connectivity index (χ0n) is 25.1. The number of pyridine rings is 1. The Bertz CT molecular complexity index is 1820. The highest BCUT2D eigenvalue weighted by molar-refractivity contribution is 6.35. The Morgan fingerprint density at radius 2 is 1.89 bits per heavy atom. The summed E-state index contributed by atoms with van der Waals surface area (Å²) < 4.78 is 43.9. The number of fused-ring (bicyclic) bond motifs is 1. The van der Waals surface area contributed by atoms with E-state index in [1.807, 2.05) is 31.2 Å². The average Bonchev–Trinajstić information content (AvgIpc) is 3.38. The fraction of sp³-hybridized carbons (Fsp3) is 0.355. The molecule has 1 atom stereocenters. The van der Waals surface area contributed by atoms with E-state index < -0.39 is 17.8 Å². The lowest BCUT2D eigenvalue weighted by atomic mass is 9.96. The van der Waals surface area contributed by atoms with Crippen LogP contribution in [-0.4, -0.2) is 43.0 Å². The molecular formula is C31H32ClF3N10. The first kappa shape index (κ1) is 30.5. The number of rotatable bonds is 8. The van der Waals surface area contributed by atoms with Gasteiger partial charge in [0.2, 0.25) is 0 Å².